The first-order valence-electron chi connectivity index (χ1n) is 8.90. The van der Waals surface area contributed by atoms with E-state index in [1.54, 1.807) is 21.0 Å². The number of amides is 3. The largest absolute Gasteiger partial charge is 0.461 e. The highest BCUT2D eigenvalue weighted by Gasteiger charge is 2.54. The SMILES string of the molecule is CCOC(=O)/C(N)=C/C(=NC)Nc1ccc2c(c1)CC1(C2)C(=O)NC(=O)N1C. The lowest BCUT2D eigenvalue weighted by Crippen LogP contribution is -2.48. The van der Waals surface area contributed by atoms with E-state index in [0.717, 1.165) is 16.8 Å². The van der Waals surface area contributed by atoms with Gasteiger partial charge in [-0.25, -0.2) is 9.59 Å². The molecule has 1 aliphatic carbocycles. The zero-order valence-corrected chi connectivity index (χ0v) is 16.0. The molecule has 3 rings (SSSR count). The number of amidine groups is 1. The van der Waals surface area contributed by atoms with Crippen LogP contribution in [0.15, 0.2) is 35.0 Å². The number of nitrogens with two attached hydrogens (primary N) is 1. The molecule has 9 heteroatoms. The molecule has 1 heterocycles. The second-order valence-electron chi connectivity index (χ2n) is 6.74. The fraction of sp³-hybridized carbons (Fsp3) is 0.368. The molecule has 28 heavy (non-hydrogen) atoms. The molecule has 9 nitrogen and oxygen atoms in total. The van der Waals surface area contributed by atoms with E-state index in [0.29, 0.717) is 18.7 Å². The summed E-state index contributed by atoms with van der Waals surface area (Å²) in [6, 6.07) is 5.30. The van der Waals surface area contributed by atoms with Crippen LogP contribution < -0.4 is 16.4 Å². The van der Waals surface area contributed by atoms with Crippen molar-refractivity contribution in [3.05, 3.63) is 41.1 Å². The lowest BCUT2D eigenvalue weighted by molar-refractivity contribution is -0.138. The number of nitrogens with zero attached hydrogens (tertiary/aromatic N) is 2. The summed E-state index contributed by atoms with van der Waals surface area (Å²) in [5.41, 5.74) is 7.52. The topological polar surface area (TPSA) is 126 Å². The Hall–Kier alpha value is -3.36. The Kier molecular flexibility index (Phi) is 5.08. The number of likely N-dealkylation sites (N-methyl/N-ethyl adjacent to an activating group) is 1. The number of nitrogens with one attached hydrogen (secondary N) is 2. The van der Waals surface area contributed by atoms with E-state index in [2.05, 4.69) is 15.6 Å². The Labute approximate surface area is 162 Å². The average molecular weight is 385 g/mol. The number of anilines is 1. The van der Waals surface area contributed by atoms with E-state index in [1.165, 1.54) is 11.0 Å². The van der Waals surface area contributed by atoms with Crippen molar-refractivity contribution in [1.29, 1.82) is 0 Å². The van der Waals surface area contributed by atoms with Gasteiger partial charge in [-0.15, -0.1) is 0 Å². The highest BCUT2D eigenvalue weighted by molar-refractivity contribution is 6.09. The van der Waals surface area contributed by atoms with Gasteiger partial charge < -0.3 is 20.7 Å². The van der Waals surface area contributed by atoms with Gasteiger partial charge in [0.15, 0.2) is 0 Å². The molecular formula is C19H23N5O4. The number of esters is 1. The van der Waals surface area contributed by atoms with Gasteiger partial charge in [0.2, 0.25) is 0 Å². The third kappa shape index (κ3) is 3.30. The van der Waals surface area contributed by atoms with Crippen LogP contribution >= 0.6 is 0 Å². The molecule has 1 aromatic carbocycles. The van der Waals surface area contributed by atoms with E-state index < -0.39 is 11.5 Å². The highest BCUT2D eigenvalue weighted by atomic mass is 16.5. The van der Waals surface area contributed by atoms with Crippen LogP contribution in [0.4, 0.5) is 10.5 Å². The van der Waals surface area contributed by atoms with Crippen LogP contribution in [0.3, 0.4) is 0 Å². The molecule has 4 N–H and O–H groups in total. The molecule has 1 fully saturated rings. The number of aliphatic imine (C=N–C) groups is 1. The van der Waals surface area contributed by atoms with Gasteiger partial charge in [0.1, 0.15) is 17.1 Å². The van der Waals surface area contributed by atoms with Gasteiger partial charge >= 0.3 is 12.0 Å². The van der Waals surface area contributed by atoms with E-state index in [-0.39, 0.29) is 24.2 Å². The van der Waals surface area contributed by atoms with Crippen molar-refractivity contribution in [3.8, 4) is 0 Å². The van der Waals surface area contributed by atoms with Crippen LogP contribution in [0, 0.1) is 0 Å². The van der Waals surface area contributed by atoms with Crippen molar-refractivity contribution in [2.24, 2.45) is 10.7 Å². The minimum atomic E-state index is -0.867. The number of imide groups is 1. The minimum Gasteiger partial charge on any atom is -0.461 e. The first kappa shape index (κ1) is 19.4. The van der Waals surface area contributed by atoms with Crippen molar-refractivity contribution in [2.45, 2.75) is 25.3 Å². The summed E-state index contributed by atoms with van der Waals surface area (Å²) in [4.78, 5) is 41.5. The molecule has 2 aliphatic rings. The fourth-order valence-electron chi connectivity index (χ4n) is 3.50. The van der Waals surface area contributed by atoms with Crippen LogP contribution in [0.25, 0.3) is 0 Å². The summed E-state index contributed by atoms with van der Waals surface area (Å²) in [7, 11) is 3.21. The predicted molar refractivity (Wildman–Crippen MR) is 104 cm³/mol. The maximum Gasteiger partial charge on any atom is 0.354 e. The number of benzene rings is 1. The van der Waals surface area contributed by atoms with E-state index >= 15 is 0 Å². The smallest absolute Gasteiger partial charge is 0.354 e. The Morgan fingerprint density at radius 3 is 2.71 bits per heavy atom. The van der Waals surface area contributed by atoms with Crippen molar-refractivity contribution in [3.63, 3.8) is 0 Å². The molecule has 0 bridgehead atoms. The predicted octanol–water partition coefficient (Wildman–Crippen LogP) is 0.552. The Morgan fingerprint density at radius 2 is 2.11 bits per heavy atom. The second kappa shape index (κ2) is 7.34. The number of carbonyl (C=O) groups excluding carboxylic acids is 3. The Bertz CT molecular complexity index is 908. The summed E-state index contributed by atoms with van der Waals surface area (Å²) >= 11 is 0. The van der Waals surface area contributed by atoms with Crippen molar-refractivity contribution in [1.82, 2.24) is 10.2 Å². The van der Waals surface area contributed by atoms with E-state index in [4.69, 9.17) is 10.5 Å². The fourth-order valence-corrected chi connectivity index (χ4v) is 3.50. The van der Waals surface area contributed by atoms with Crippen molar-refractivity contribution < 1.29 is 19.1 Å². The highest BCUT2D eigenvalue weighted by Crippen LogP contribution is 2.38. The third-order valence-electron chi connectivity index (χ3n) is 5.08. The number of carbonyl (C=O) groups is 3. The molecule has 0 saturated carbocycles. The normalized spacial score (nSPS) is 21.8. The number of rotatable bonds is 4. The molecule has 0 radical (unpaired) electrons. The maximum atomic E-state index is 12.4. The van der Waals surface area contributed by atoms with Crippen LogP contribution in [-0.4, -0.2) is 54.9 Å². The van der Waals surface area contributed by atoms with Gasteiger partial charge in [0.25, 0.3) is 5.91 Å². The van der Waals surface area contributed by atoms with Crippen LogP contribution in [0.5, 0.6) is 0 Å². The van der Waals surface area contributed by atoms with Crippen molar-refractivity contribution in [2.75, 3.05) is 26.0 Å². The van der Waals surface area contributed by atoms with Gasteiger partial charge in [0.05, 0.1) is 6.61 Å². The third-order valence-corrected chi connectivity index (χ3v) is 5.08. The molecule has 148 valence electrons. The number of urea groups is 1. The first-order valence-corrected chi connectivity index (χ1v) is 8.90. The molecule has 1 atom stereocenters. The second-order valence-corrected chi connectivity index (χ2v) is 6.74. The zero-order valence-electron chi connectivity index (χ0n) is 16.0. The minimum absolute atomic E-state index is 0.0576. The molecule has 3 amide bonds. The number of hydrogen-bond donors (Lipinski definition) is 3. The van der Waals surface area contributed by atoms with E-state index in [1.807, 2.05) is 18.2 Å². The first-order chi connectivity index (χ1) is 13.3. The quantitative estimate of drug-likeness (QED) is 0.228. The molecule has 1 aromatic rings. The summed E-state index contributed by atoms with van der Waals surface area (Å²) in [6.45, 7) is 1.93. The monoisotopic (exact) mass is 385 g/mol. The van der Waals surface area contributed by atoms with Crippen LogP contribution in [0.2, 0.25) is 0 Å². The van der Waals surface area contributed by atoms with Gasteiger partial charge in [-0.2, -0.15) is 0 Å². The zero-order chi connectivity index (χ0) is 20.5. The molecule has 1 aliphatic heterocycles. The molecule has 0 aromatic heterocycles. The number of fused-ring (bicyclic) bond motifs is 1. The Balaban J connectivity index is 1.78. The van der Waals surface area contributed by atoms with E-state index in [9.17, 15) is 14.4 Å². The molecule has 1 unspecified atom stereocenters. The average Bonchev–Trinajstić information content (AvgIpc) is 3.14. The molecule has 1 spiro atoms. The van der Waals surface area contributed by atoms with Gasteiger partial charge in [0, 0.05) is 38.7 Å². The lowest BCUT2D eigenvalue weighted by Gasteiger charge is -2.27. The molecule has 1 saturated heterocycles. The van der Waals surface area contributed by atoms with Crippen LogP contribution in [0.1, 0.15) is 18.1 Å². The summed E-state index contributed by atoms with van der Waals surface area (Å²) in [5.74, 6) is -0.489. The van der Waals surface area contributed by atoms with Crippen molar-refractivity contribution >= 4 is 29.4 Å². The van der Waals surface area contributed by atoms with Gasteiger partial charge in [-0.1, -0.05) is 6.07 Å². The lowest BCUT2D eigenvalue weighted by atomic mass is 9.95. The Morgan fingerprint density at radius 1 is 1.39 bits per heavy atom. The molecular weight excluding hydrogens is 362 g/mol. The standard InChI is InChI=1S/C19H23N5O4/c1-4-28-16(25)14(20)8-15(21-2)22-13-6-5-11-9-19(10-12(11)7-13)17(26)23-18(27)24(19)3/h5-8H,4,9-10,20H2,1-3H3,(H,21,22)(H,23,26,27)/b14-8-. The number of ether oxygens (including phenoxy) is 1. The maximum absolute atomic E-state index is 12.4. The van der Waals surface area contributed by atoms with Gasteiger partial charge in [-0.05, 0) is 30.2 Å². The summed E-state index contributed by atoms with van der Waals surface area (Å²) in [5, 5.41) is 5.48. The van der Waals surface area contributed by atoms with Gasteiger partial charge in [-0.3, -0.25) is 15.1 Å². The number of hydrogen-bond acceptors (Lipinski definition) is 6. The summed E-state index contributed by atoms with van der Waals surface area (Å²) in [6.07, 6.45) is 2.32. The summed E-state index contributed by atoms with van der Waals surface area (Å²) < 4.78 is 4.86. The van der Waals surface area contributed by atoms with Crippen LogP contribution in [-0.2, 0) is 27.2 Å².